The van der Waals surface area contributed by atoms with E-state index in [4.69, 9.17) is 9.47 Å². The van der Waals surface area contributed by atoms with Crippen LogP contribution >= 0.6 is 0 Å². The van der Waals surface area contributed by atoms with Crippen molar-refractivity contribution in [2.24, 2.45) is 0 Å². The van der Waals surface area contributed by atoms with Crippen molar-refractivity contribution >= 4 is 5.69 Å². The first-order valence-electron chi connectivity index (χ1n) is 6.94. The van der Waals surface area contributed by atoms with Crippen molar-refractivity contribution in [1.82, 2.24) is 0 Å². The van der Waals surface area contributed by atoms with E-state index >= 15 is 0 Å². The summed E-state index contributed by atoms with van der Waals surface area (Å²) in [5, 5.41) is 0. The molecule has 2 rings (SSSR count). The number of benzene rings is 1. The fourth-order valence-electron chi connectivity index (χ4n) is 2.08. The maximum Gasteiger partial charge on any atom is 0.198 e. The van der Waals surface area contributed by atoms with Crippen LogP contribution in [0.15, 0.2) is 36.6 Å². The van der Waals surface area contributed by atoms with Gasteiger partial charge in [0.05, 0.1) is 12.9 Å². The topological polar surface area (TPSA) is 21.7 Å². The molecule has 0 bridgehead atoms. The molecule has 0 saturated carbocycles. The van der Waals surface area contributed by atoms with E-state index in [1.165, 1.54) is 17.7 Å². The lowest BCUT2D eigenvalue weighted by molar-refractivity contribution is -0.129. The molecule has 0 aliphatic carbocycles. The Kier molecular flexibility index (Phi) is 5.28. The predicted octanol–water partition coefficient (Wildman–Crippen LogP) is 3.35. The second kappa shape index (κ2) is 7.19. The summed E-state index contributed by atoms with van der Waals surface area (Å²) < 4.78 is 11.0. The van der Waals surface area contributed by atoms with E-state index in [9.17, 15) is 0 Å². The quantitative estimate of drug-likeness (QED) is 0.759. The van der Waals surface area contributed by atoms with Crippen molar-refractivity contribution in [3.8, 4) is 0 Å². The molecule has 0 radical (unpaired) electrons. The summed E-state index contributed by atoms with van der Waals surface area (Å²) >= 11 is 0. The van der Waals surface area contributed by atoms with Crippen LogP contribution in [0, 0.1) is 0 Å². The van der Waals surface area contributed by atoms with E-state index < -0.39 is 0 Å². The molecule has 1 unspecified atom stereocenters. The largest absolute Gasteiger partial charge is 0.473 e. The summed E-state index contributed by atoms with van der Waals surface area (Å²) in [5.41, 5.74) is 2.51. The molecular formula is C16H23NO2. The molecule has 1 aromatic rings. The summed E-state index contributed by atoms with van der Waals surface area (Å²) in [6.45, 7) is 0.824. The highest BCUT2D eigenvalue weighted by Crippen LogP contribution is 2.15. The number of rotatable bonds is 5. The van der Waals surface area contributed by atoms with Gasteiger partial charge in [-0.2, -0.15) is 0 Å². The minimum atomic E-state index is -0.0406. The Balaban J connectivity index is 1.74. The Bertz CT molecular complexity index is 392. The molecule has 1 heterocycles. The Labute approximate surface area is 115 Å². The van der Waals surface area contributed by atoms with Crippen LogP contribution in [0.25, 0.3) is 0 Å². The van der Waals surface area contributed by atoms with Crippen molar-refractivity contribution in [1.29, 1.82) is 0 Å². The van der Waals surface area contributed by atoms with E-state index in [2.05, 4.69) is 29.2 Å². The SMILES string of the molecule is CN(C)c1ccc(C/C=C/OC2CCCCO2)cc1. The molecular weight excluding hydrogens is 238 g/mol. The van der Waals surface area contributed by atoms with Gasteiger partial charge in [-0.3, -0.25) is 0 Å². The van der Waals surface area contributed by atoms with Crippen LogP contribution in [0.5, 0.6) is 0 Å². The highest BCUT2D eigenvalue weighted by atomic mass is 16.7. The standard InChI is InChI=1S/C16H23NO2/c1-17(2)15-10-8-14(9-11-15)6-5-13-19-16-7-3-4-12-18-16/h5,8-11,13,16H,3-4,6-7,12H2,1-2H3/b13-5+. The lowest BCUT2D eigenvalue weighted by atomic mass is 10.1. The average Bonchev–Trinajstić information content (AvgIpc) is 2.45. The summed E-state index contributed by atoms with van der Waals surface area (Å²) in [6, 6.07) is 8.57. The molecule has 104 valence electrons. The first-order chi connectivity index (χ1) is 9.25. The molecule has 3 heteroatoms. The fraction of sp³-hybridized carbons (Fsp3) is 0.500. The molecule has 1 aliphatic rings. The predicted molar refractivity (Wildman–Crippen MR) is 78.3 cm³/mol. The van der Waals surface area contributed by atoms with Crippen LogP contribution in [-0.2, 0) is 15.9 Å². The molecule has 1 aliphatic heterocycles. The third kappa shape index (κ3) is 4.60. The van der Waals surface area contributed by atoms with Gasteiger partial charge < -0.3 is 14.4 Å². The van der Waals surface area contributed by atoms with Gasteiger partial charge in [0.15, 0.2) is 6.29 Å². The molecule has 1 saturated heterocycles. The molecule has 1 aromatic carbocycles. The lowest BCUT2D eigenvalue weighted by Gasteiger charge is -2.21. The van der Waals surface area contributed by atoms with Gasteiger partial charge in [-0.15, -0.1) is 0 Å². The first-order valence-corrected chi connectivity index (χ1v) is 6.94. The summed E-state index contributed by atoms with van der Waals surface area (Å²) in [7, 11) is 4.10. The van der Waals surface area contributed by atoms with Crippen LogP contribution in [0.2, 0.25) is 0 Å². The monoisotopic (exact) mass is 261 g/mol. The second-order valence-electron chi connectivity index (χ2n) is 5.07. The number of allylic oxidation sites excluding steroid dienone is 1. The Morgan fingerprint density at radius 1 is 1.26 bits per heavy atom. The van der Waals surface area contributed by atoms with Gasteiger partial charge in [-0.1, -0.05) is 12.1 Å². The van der Waals surface area contributed by atoms with E-state index in [1.807, 2.05) is 20.2 Å². The molecule has 0 aromatic heterocycles. The number of ether oxygens (including phenoxy) is 2. The Morgan fingerprint density at radius 2 is 2.05 bits per heavy atom. The molecule has 0 N–H and O–H groups in total. The minimum Gasteiger partial charge on any atom is -0.473 e. The summed E-state index contributed by atoms with van der Waals surface area (Å²) in [6.07, 6.45) is 8.02. The number of hydrogen-bond donors (Lipinski definition) is 0. The van der Waals surface area contributed by atoms with E-state index in [0.29, 0.717) is 0 Å². The van der Waals surface area contributed by atoms with E-state index in [1.54, 1.807) is 6.26 Å². The maximum atomic E-state index is 5.56. The number of hydrogen-bond acceptors (Lipinski definition) is 3. The normalized spacial score (nSPS) is 19.6. The third-order valence-corrected chi connectivity index (χ3v) is 3.27. The van der Waals surface area contributed by atoms with E-state index in [-0.39, 0.29) is 6.29 Å². The highest BCUT2D eigenvalue weighted by Gasteiger charge is 2.12. The Morgan fingerprint density at radius 3 is 2.68 bits per heavy atom. The van der Waals surface area contributed by atoms with Crippen LogP contribution < -0.4 is 4.90 Å². The van der Waals surface area contributed by atoms with Crippen molar-refractivity contribution in [3.05, 3.63) is 42.2 Å². The lowest BCUT2D eigenvalue weighted by Crippen LogP contribution is -2.19. The van der Waals surface area contributed by atoms with Gasteiger partial charge in [0.25, 0.3) is 0 Å². The van der Waals surface area contributed by atoms with Gasteiger partial charge in [0.2, 0.25) is 0 Å². The molecule has 19 heavy (non-hydrogen) atoms. The number of nitrogens with zero attached hydrogens (tertiary/aromatic N) is 1. The van der Waals surface area contributed by atoms with Crippen LogP contribution in [0.3, 0.4) is 0 Å². The van der Waals surface area contributed by atoms with Gasteiger partial charge >= 0.3 is 0 Å². The second-order valence-corrected chi connectivity index (χ2v) is 5.07. The van der Waals surface area contributed by atoms with Crippen LogP contribution in [0.1, 0.15) is 24.8 Å². The van der Waals surface area contributed by atoms with Crippen molar-refractivity contribution < 1.29 is 9.47 Å². The molecule has 0 amide bonds. The van der Waals surface area contributed by atoms with Crippen molar-refractivity contribution in [2.45, 2.75) is 32.0 Å². The zero-order valence-corrected chi connectivity index (χ0v) is 11.8. The van der Waals surface area contributed by atoms with Gasteiger partial charge in [-0.25, -0.2) is 0 Å². The smallest absolute Gasteiger partial charge is 0.198 e. The fourth-order valence-corrected chi connectivity index (χ4v) is 2.08. The average molecular weight is 261 g/mol. The number of anilines is 1. The van der Waals surface area contributed by atoms with Crippen molar-refractivity contribution in [2.75, 3.05) is 25.6 Å². The zero-order valence-electron chi connectivity index (χ0n) is 11.8. The maximum absolute atomic E-state index is 5.56. The summed E-state index contributed by atoms with van der Waals surface area (Å²) in [4.78, 5) is 2.10. The third-order valence-electron chi connectivity index (χ3n) is 3.27. The van der Waals surface area contributed by atoms with Crippen LogP contribution in [-0.4, -0.2) is 27.0 Å². The molecule has 1 fully saturated rings. The zero-order chi connectivity index (χ0) is 13.5. The molecule has 0 spiro atoms. The summed E-state index contributed by atoms with van der Waals surface area (Å²) in [5.74, 6) is 0. The Hall–Kier alpha value is -1.48. The molecule has 3 nitrogen and oxygen atoms in total. The first kappa shape index (κ1) is 13.9. The van der Waals surface area contributed by atoms with Crippen molar-refractivity contribution in [3.63, 3.8) is 0 Å². The highest BCUT2D eigenvalue weighted by molar-refractivity contribution is 5.46. The van der Waals surface area contributed by atoms with Gasteiger partial charge in [-0.05, 0) is 43.0 Å². The molecule has 1 atom stereocenters. The van der Waals surface area contributed by atoms with E-state index in [0.717, 1.165) is 25.9 Å². The minimum absolute atomic E-state index is 0.0406. The van der Waals surface area contributed by atoms with Crippen LogP contribution in [0.4, 0.5) is 5.69 Å². The van der Waals surface area contributed by atoms with Gasteiger partial charge in [0.1, 0.15) is 0 Å². The van der Waals surface area contributed by atoms with Gasteiger partial charge in [0, 0.05) is 26.2 Å².